The van der Waals surface area contributed by atoms with Gasteiger partial charge in [-0.1, -0.05) is 24.3 Å². The standard InChI is InChI=1S/C14H15NO/c1-2-4-14-10-15(7-5-13(14)3-1)9-12-6-8-16-11-12/h1-4,6,8,11H,5,7,9-10H2. The van der Waals surface area contributed by atoms with Crippen LogP contribution in [0.4, 0.5) is 0 Å². The van der Waals surface area contributed by atoms with Crippen LogP contribution in [0.5, 0.6) is 0 Å². The Bertz CT molecular complexity index is 461. The van der Waals surface area contributed by atoms with Crippen LogP contribution in [-0.4, -0.2) is 11.4 Å². The third kappa shape index (κ3) is 1.89. The molecule has 0 aliphatic carbocycles. The lowest BCUT2D eigenvalue weighted by atomic mass is 10.00. The number of hydrogen-bond donors (Lipinski definition) is 0. The van der Waals surface area contributed by atoms with Gasteiger partial charge in [0.25, 0.3) is 0 Å². The van der Waals surface area contributed by atoms with E-state index >= 15 is 0 Å². The van der Waals surface area contributed by atoms with E-state index in [9.17, 15) is 0 Å². The van der Waals surface area contributed by atoms with E-state index in [-0.39, 0.29) is 0 Å². The molecule has 0 bridgehead atoms. The fourth-order valence-electron chi connectivity index (χ4n) is 2.33. The summed E-state index contributed by atoms with van der Waals surface area (Å²) in [6.45, 7) is 3.19. The Hall–Kier alpha value is -1.54. The zero-order valence-electron chi connectivity index (χ0n) is 9.23. The zero-order valence-corrected chi connectivity index (χ0v) is 9.23. The van der Waals surface area contributed by atoms with Crippen molar-refractivity contribution in [3.8, 4) is 0 Å². The number of fused-ring (bicyclic) bond motifs is 1. The first-order valence-electron chi connectivity index (χ1n) is 5.72. The molecule has 0 fully saturated rings. The summed E-state index contributed by atoms with van der Waals surface area (Å²) in [5.74, 6) is 0. The second-order valence-electron chi connectivity index (χ2n) is 4.36. The largest absolute Gasteiger partial charge is 0.472 e. The Morgan fingerprint density at radius 1 is 1.12 bits per heavy atom. The van der Waals surface area contributed by atoms with Crippen LogP contribution in [0.2, 0.25) is 0 Å². The molecule has 0 unspecified atom stereocenters. The van der Waals surface area contributed by atoms with Gasteiger partial charge in [-0.25, -0.2) is 0 Å². The molecule has 82 valence electrons. The lowest BCUT2D eigenvalue weighted by molar-refractivity contribution is 0.245. The molecule has 2 aromatic rings. The number of nitrogens with zero attached hydrogens (tertiary/aromatic N) is 1. The summed E-state index contributed by atoms with van der Waals surface area (Å²) in [5.41, 5.74) is 4.24. The minimum absolute atomic E-state index is 0.991. The van der Waals surface area contributed by atoms with E-state index < -0.39 is 0 Å². The molecule has 1 aromatic heterocycles. The lowest BCUT2D eigenvalue weighted by Gasteiger charge is -2.28. The Labute approximate surface area is 95.5 Å². The van der Waals surface area contributed by atoms with E-state index in [1.165, 1.54) is 16.7 Å². The summed E-state index contributed by atoms with van der Waals surface area (Å²) in [5, 5.41) is 0. The summed E-state index contributed by atoms with van der Waals surface area (Å²) in [7, 11) is 0. The summed E-state index contributed by atoms with van der Waals surface area (Å²) < 4.78 is 5.10. The molecule has 0 N–H and O–H groups in total. The van der Waals surface area contributed by atoms with Gasteiger partial charge in [0.1, 0.15) is 0 Å². The van der Waals surface area contributed by atoms with Crippen LogP contribution < -0.4 is 0 Å². The molecular weight excluding hydrogens is 198 g/mol. The number of furan rings is 1. The van der Waals surface area contributed by atoms with Crippen molar-refractivity contribution < 1.29 is 4.42 Å². The molecule has 0 saturated carbocycles. The van der Waals surface area contributed by atoms with E-state index in [0.29, 0.717) is 0 Å². The van der Waals surface area contributed by atoms with Gasteiger partial charge in [0.05, 0.1) is 12.5 Å². The van der Waals surface area contributed by atoms with Gasteiger partial charge in [-0.3, -0.25) is 4.90 Å². The fraction of sp³-hybridized carbons (Fsp3) is 0.286. The van der Waals surface area contributed by atoms with Gasteiger partial charge in [0, 0.05) is 25.2 Å². The molecule has 0 amide bonds. The van der Waals surface area contributed by atoms with Gasteiger partial charge in [-0.2, -0.15) is 0 Å². The number of rotatable bonds is 2. The van der Waals surface area contributed by atoms with Gasteiger partial charge < -0.3 is 4.42 Å². The van der Waals surface area contributed by atoms with Crippen molar-refractivity contribution in [2.75, 3.05) is 6.54 Å². The van der Waals surface area contributed by atoms with Gasteiger partial charge in [0.15, 0.2) is 0 Å². The second kappa shape index (κ2) is 4.14. The molecule has 0 atom stereocenters. The first-order valence-corrected chi connectivity index (χ1v) is 5.72. The Kier molecular flexibility index (Phi) is 2.50. The highest BCUT2D eigenvalue weighted by atomic mass is 16.3. The highest BCUT2D eigenvalue weighted by Gasteiger charge is 2.15. The van der Waals surface area contributed by atoms with Crippen molar-refractivity contribution in [3.05, 3.63) is 59.5 Å². The summed E-state index contributed by atoms with van der Waals surface area (Å²) in [6.07, 6.45) is 4.74. The second-order valence-corrected chi connectivity index (χ2v) is 4.36. The normalized spacial score (nSPS) is 16.0. The molecule has 1 aromatic carbocycles. The summed E-state index contributed by atoms with van der Waals surface area (Å²) in [4.78, 5) is 2.47. The van der Waals surface area contributed by atoms with Crippen LogP contribution in [0.1, 0.15) is 16.7 Å². The first kappa shape index (κ1) is 9.67. The number of benzene rings is 1. The molecule has 0 saturated heterocycles. The highest BCUT2D eigenvalue weighted by Crippen LogP contribution is 2.20. The average Bonchev–Trinajstić information content (AvgIpc) is 2.82. The lowest BCUT2D eigenvalue weighted by Crippen LogP contribution is -2.29. The average molecular weight is 213 g/mol. The number of hydrogen-bond acceptors (Lipinski definition) is 2. The van der Waals surface area contributed by atoms with Crippen LogP contribution in [0, 0.1) is 0 Å². The third-order valence-corrected chi connectivity index (χ3v) is 3.20. The maximum Gasteiger partial charge on any atom is 0.0947 e. The fourth-order valence-corrected chi connectivity index (χ4v) is 2.33. The Morgan fingerprint density at radius 2 is 2.00 bits per heavy atom. The molecule has 2 nitrogen and oxygen atoms in total. The van der Waals surface area contributed by atoms with Crippen LogP contribution in [0.3, 0.4) is 0 Å². The van der Waals surface area contributed by atoms with Crippen LogP contribution >= 0.6 is 0 Å². The molecular formula is C14H15NO. The Morgan fingerprint density at radius 3 is 2.81 bits per heavy atom. The summed E-state index contributed by atoms with van der Waals surface area (Å²) >= 11 is 0. The molecule has 0 spiro atoms. The molecule has 3 rings (SSSR count). The van der Waals surface area contributed by atoms with Gasteiger partial charge in [-0.15, -0.1) is 0 Å². The van der Waals surface area contributed by atoms with Crippen molar-refractivity contribution in [2.45, 2.75) is 19.5 Å². The van der Waals surface area contributed by atoms with E-state index in [1.807, 2.05) is 12.3 Å². The highest BCUT2D eigenvalue weighted by molar-refractivity contribution is 5.29. The maximum atomic E-state index is 5.10. The van der Waals surface area contributed by atoms with Crippen LogP contribution in [-0.2, 0) is 19.5 Å². The maximum absolute atomic E-state index is 5.10. The SMILES string of the molecule is c1ccc2c(c1)CCN(Cc1ccoc1)C2. The van der Waals surface area contributed by atoms with E-state index in [0.717, 1.165) is 26.1 Å². The molecule has 0 radical (unpaired) electrons. The van der Waals surface area contributed by atoms with Crippen molar-refractivity contribution in [1.82, 2.24) is 4.90 Å². The zero-order chi connectivity index (χ0) is 10.8. The van der Waals surface area contributed by atoms with E-state index in [4.69, 9.17) is 4.42 Å². The third-order valence-electron chi connectivity index (χ3n) is 3.20. The first-order chi connectivity index (χ1) is 7.92. The molecule has 1 aliphatic rings. The predicted octanol–water partition coefficient (Wildman–Crippen LogP) is 2.84. The molecule has 2 heterocycles. The van der Waals surface area contributed by atoms with Gasteiger partial charge in [-0.05, 0) is 23.6 Å². The smallest absolute Gasteiger partial charge is 0.0947 e. The molecule has 16 heavy (non-hydrogen) atoms. The van der Waals surface area contributed by atoms with Gasteiger partial charge in [0.2, 0.25) is 0 Å². The van der Waals surface area contributed by atoms with Crippen molar-refractivity contribution in [1.29, 1.82) is 0 Å². The van der Waals surface area contributed by atoms with Crippen LogP contribution in [0.25, 0.3) is 0 Å². The molecule has 2 heteroatoms. The van der Waals surface area contributed by atoms with Crippen molar-refractivity contribution in [2.24, 2.45) is 0 Å². The summed E-state index contributed by atoms with van der Waals surface area (Å²) in [6, 6.07) is 10.8. The Balaban J connectivity index is 1.73. The van der Waals surface area contributed by atoms with Gasteiger partial charge >= 0.3 is 0 Å². The van der Waals surface area contributed by atoms with Crippen LogP contribution in [0.15, 0.2) is 47.3 Å². The molecule has 1 aliphatic heterocycles. The quantitative estimate of drug-likeness (QED) is 0.762. The van der Waals surface area contributed by atoms with E-state index in [1.54, 1.807) is 6.26 Å². The van der Waals surface area contributed by atoms with Crippen molar-refractivity contribution >= 4 is 0 Å². The minimum Gasteiger partial charge on any atom is -0.472 e. The van der Waals surface area contributed by atoms with E-state index in [2.05, 4.69) is 29.2 Å². The predicted molar refractivity (Wildman–Crippen MR) is 63.0 cm³/mol. The minimum atomic E-state index is 0.991. The monoisotopic (exact) mass is 213 g/mol. The van der Waals surface area contributed by atoms with Crippen molar-refractivity contribution in [3.63, 3.8) is 0 Å². The topological polar surface area (TPSA) is 16.4 Å².